The van der Waals surface area contributed by atoms with Gasteiger partial charge in [0.2, 0.25) is 10.0 Å². The van der Waals surface area contributed by atoms with E-state index >= 15 is 0 Å². The molecule has 0 unspecified atom stereocenters. The number of anilines is 2. The predicted octanol–water partition coefficient (Wildman–Crippen LogP) is 3.91. The van der Waals surface area contributed by atoms with E-state index in [0.717, 1.165) is 35.8 Å². The molecular weight excluding hydrogens is 582 g/mol. The highest BCUT2D eigenvalue weighted by atomic mass is 32.2. The molecule has 1 saturated heterocycles. The fraction of sp³-hybridized carbons (Fsp3) is 0.448. The highest BCUT2D eigenvalue weighted by Crippen LogP contribution is 2.44. The van der Waals surface area contributed by atoms with Gasteiger partial charge in [0.05, 0.1) is 27.4 Å². The Labute approximate surface area is 249 Å². The first-order valence-electron chi connectivity index (χ1n) is 14.0. The van der Waals surface area contributed by atoms with Crippen molar-refractivity contribution in [1.82, 2.24) is 19.4 Å². The minimum Gasteiger partial charge on any atom is -0.492 e. The number of ether oxygens (including phenoxy) is 2. The molecule has 0 bridgehead atoms. The van der Waals surface area contributed by atoms with Crippen LogP contribution in [0.15, 0.2) is 41.3 Å². The molecule has 1 amide bonds. The number of carbonyl (C=O) groups excluding carboxylic acids is 1. The average molecular weight is 619 g/mol. The second-order valence-corrected chi connectivity index (χ2v) is 13.3. The Morgan fingerprint density at radius 3 is 2.53 bits per heavy atom. The zero-order valence-electron chi connectivity index (χ0n) is 24.5. The Bertz CT molecular complexity index is 1580. The van der Waals surface area contributed by atoms with Crippen molar-refractivity contribution in [3.8, 4) is 5.75 Å². The van der Waals surface area contributed by atoms with Gasteiger partial charge in [0.25, 0.3) is 5.91 Å². The lowest BCUT2D eigenvalue weighted by Crippen LogP contribution is -2.40. The van der Waals surface area contributed by atoms with Crippen LogP contribution in [0.3, 0.4) is 0 Å². The number of likely N-dealkylation sites (N-methyl/N-ethyl adjacent to an activating group) is 1. The molecule has 2 aromatic carbocycles. The topological polar surface area (TPSA) is 129 Å². The maximum absolute atomic E-state index is 13.9. The van der Waals surface area contributed by atoms with E-state index in [1.807, 2.05) is 19.0 Å². The number of nitrogens with zero attached hydrogens (tertiary/aromatic N) is 3. The molecule has 1 fully saturated rings. The molecule has 0 saturated carbocycles. The maximum atomic E-state index is 13.9. The van der Waals surface area contributed by atoms with Crippen molar-refractivity contribution in [2.45, 2.75) is 49.7 Å². The standard InChI is InChI=1S/C29H36F2N6O5S/c1-29(2)26-24(17-37(29)43(39,40)22-14-18(30)13-19(31)15-22)27(35-34-26)33-28(38)23-6-5-21(42-12-9-36(3)4)16-25(23)32-20-7-10-41-11-8-20/h5-6,13-16,20,32H,7-12,17H2,1-4H3,(H2,33,34,35,38). The lowest BCUT2D eigenvalue weighted by molar-refractivity contribution is 0.0904. The quantitative estimate of drug-likeness (QED) is 0.312. The molecule has 0 radical (unpaired) electrons. The van der Waals surface area contributed by atoms with Crippen LogP contribution in [0.4, 0.5) is 20.3 Å². The number of halogens is 2. The molecule has 3 heterocycles. The van der Waals surface area contributed by atoms with Gasteiger partial charge in [-0.25, -0.2) is 17.2 Å². The van der Waals surface area contributed by atoms with Crippen molar-refractivity contribution >= 4 is 27.4 Å². The van der Waals surface area contributed by atoms with Crippen LogP contribution in [0.1, 0.15) is 48.3 Å². The first-order chi connectivity index (χ1) is 20.4. The van der Waals surface area contributed by atoms with E-state index in [4.69, 9.17) is 9.47 Å². The summed E-state index contributed by atoms with van der Waals surface area (Å²) < 4.78 is 67.3. The maximum Gasteiger partial charge on any atom is 0.258 e. The van der Waals surface area contributed by atoms with E-state index in [9.17, 15) is 22.0 Å². The first-order valence-corrected chi connectivity index (χ1v) is 15.4. The molecule has 11 nitrogen and oxygen atoms in total. The summed E-state index contributed by atoms with van der Waals surface area (Å²) in [5.41, 5.74) is 0.737. The van der Waals surface area contributed by atoms with Crippen LogP contribution < -0.4 is 15.4 Å². The molecule has 232 valence electrons. The Hall–Kier alpha value is -3.59. The Balaban J connectivity index is 1.40. The van der Waals surface area contributed by atoms with Crippen LogP contribution in [0, 0.1) is 11.6 Å². The number of amides is 1. The Morgan fingerprint density at radius 2 is 1.86 bits per heavy atom. The molecule has 43 heavy (non-hydrogen) atoms. The second-order valence-electron chi connectivity index (χ2n) is 11.4. The van der Waals surface area contributed by atoms with Gasteiger partial charge in [-0.05, 0) is 65.0 Å². The van der Waals surface area contributed by atoms with Gasteiger partial charge < -0.3 is 25.0 Å². The average Bonchev–Trinajstić information content (AvgIpc) is 3.46. The number of hydrogen-bond donors (Lipinski definition) is 3. The third kappa shape index (κ3) is 6.51. The Morgan fingerprint density at radius 1 is 1.16 bits per heavy atom. The summed E-state index contributed by atoms with van der Waals surface area (Å²) in [5.74, 6) is -1.66. The summed E-state index contributed by atoms with van der Waals surface area (Å²) in [6.07, 6.45) is 1.57. The van der Waals surface area contributed by atoms with Crippen LogP contribution in [0.5, 0.6) is 5.75 Å². The molecule has 0 spiro atoms. The van der Waals surface area contributed by atoms with Gasteiger partial charge >= 0.3 is 0 Å². The molecule has 3 aromatic rings. The summed E-state index contributed by atoms with van der Waals surface area (Å²) in [7, 11) is -0.399. The monoisotopic (exact) mass is 618 g/mol. The number of rotatable bonds is 10. The SMILES string of the molecule is CN(C)CCOc1ccc(C(=O)Nc2n[nH]c3c2CN(S(=O)(=O)c2cc(F)cc(F)c2)C3(C)C)c(NC2CCOCC2)c1. The summed E-state index contributed by atoms with van der Waals surface area (Å²) in [4.78, 5) is 15.1. The molecule has 0 aliphatic carbocycles. The van der Waals surface area contributed by atoms with Gasteiger partial charge in [-0.2, -0.15) is 9.40 Å². The zero-order chi connectivity index (χ0) is 30.9. The number of nitrogens with one attached hydrogen (secondary N) is 3. The normalized spacial score (nSPS) is 17.2. The van der Waals surface area contributed by atoms with Crippen molar-refractivity contribution in [3.63, 3.8) is 0 Å². The largest absolute Gasteiger partial charge is 0.492 e. The third-order valence-corrected chi connectivity index (χ3v) is 9.68. The van der Waals surface area contributed by atoms with Crippen molar-refractivity contribution in [3.05, 3.63) is 64.9 Å². The number of fused-ring (bicyclic) bond motifs is 1. The van der Waals surface area contributed by atoms with Crippen LogP contribution in [0.25, 0.3) is 0 Å². The smallest absolute Gasteiger partial charge is 0.258 e. The van der Waals surface area contributed by atoms with Gasteiger partial charge in [0, 0.05) is 50.0 Å². The molecule has 3 N–H and O–H groups in total. The van der Waals surface area contributed by atoms with Crippen LogP contribution in [0.2, 0.25) is 0 Å². The van der Waals surface area contributed by atoms with Gasteiger partial charge in [0.15, 0.2) is 5.82 Å². The molecule has 5 rings (SSSR count). The molecule has 2 aliphatic heterocycles. The molecular formula is C29H36F2N6O5S. The minimum atomic E-state index is -4.31. The van der Waals surface area contributed by atoms with E-state index < -0.39 is 38.0 Å². The highest BCUT2D eigenvalue weighted by Gasteiger charge is 2.48. The first kappa shape index (κ1) is 30.9. The summed E-state index contributed by atoms with van der Waals surface area (Å²) in [6, 6.07) is 7.48. The van der Waals surface area contributed by atoms with E-state index in [0.29, 0.717) is 54.1 Å². The molecule has 0 atom stereocenters. The minimum absolute atomic E-state index is 0.110. The number of H-pyrrole nitrogens is 1. The van der Waals surface area contributed by atoms with Crippen molar-refractivity contribution < 1.29 is 31.5 Å². The van der Waals surface area contributed by atoms with Gasteiger partial charge in [-0.3, -0.25) is 9.89 Å². The van der Waals surface area contributed by atoms with Crippen LogP contribution in [-0.2, 0) is 26.8 Å². The predicted molar refractivity (Wildman–Crippen MR) is 157 cm³/mol. The summed E-state index contributed by atoms with van der Waals surface area (Å²) >= 11 is 0. The van der Waals surface area contributed by atoms with E-state index in [-0.39, 0.29) is 18.4 Å². The Kier molecular flexibility index (Phi) is 8.75. The molecule has 14 heteroatoms. The fourth-order valence-corrected chi connectivity index (χ4v) is 7.07. The number of aromatic amines is 1. The van der Waals surface area contributed by atoms with Gasteiger partial charge in [-0.1, -0.05) is 0 Å². The van der Waals surface area contributed by atoms with E-state index in [2.05, 4.69) is 20.8 Å². The summed E-state index contributed by atoms with van der Waals surface area (Å²) in [6.45, 7) is 5.59. The molecule has 2 aliphatic rings. The number of benzene rings is 2. The zero-order valence-corrected chi connectivity index (χ0v) is 25.4. The van der Waals surface area contributed by atoms with E-state index in [1.165, 1.54) is 0 Å². The number of sulfonamides is 1. The molecule has 1 aromatic heterocycles. The van der Waals surface area contributed by atoms with Crippen LogP contribution in [-0.4, -0.2) is 80.2 Å². The van der Waals surface area contributed by atoms with Crippen molar-refractivity contribution in [2.75, 3.05) is 51.1 Å². The lowest BCUT2D eigenvalue weighted by Gasteiger charge is -2.30. The number of carbonyl (C=O) groups is 1. The third-order valence-electron chi connectivity index (χ3n) is 7.68. The van der Waals surface area contributed by atoms with Crippen molar-refractivity contribution in [2.24, 2.45) is 0 Å². The fourth-order valence-electron chi connectivity index (χ4n) is 5.30. The van der Waals surface area contributed by atoms with Gasteiger partial charge in [0.1, 0.15) is 24.0 Å². The van der Waals surface area contributed by atoms with Crippen LogP contribution >= 0.6 is 0 Å². The summed E-state index contributed by atoms with van der Waals surface area (Å²) in [5, 5.41) is 13.4. The number of aromatic nitrogens is 2. The number of hydrogen-bond acceptors (Lipinski definition) is 8. The van der Waals surface area contributed by atoms with E-state index in [1.54, 1.807) is 32.0 Å². The lowest BCUT2D eigenvalue weighted by atomic mass is 10.0. The highest BCUT2D eigenvalue weighted by molar-refractivity contribution is 7.89. The van der Waals surface area contributed by atoms with Gasteiger partial charge in [-0.15, -0.1) is 0 Å². The second kappa shape index (κ2) is 12.2. The van der Waals surface area contributed by atoms with Crippen molar-refractivity contribution in [1.29, 1.82) is 0 Å².